The highest BCUT2D eigenvalue weighted by Crippen LogP contribution is 2.37. The molecule has 3 amide bonds. The predicted molar refractivity (Wildman–Crippen MR) is 107 cm³/mol. The number of aromatic nitrogens is 2. The van der Waals surface area contributed by atoms with Gasteiger partial charge in [0.05, 0.1) is 6.54 Å². The molecule has 1 fully saturated rings. The van der Waals surface area contributed by atoms with Crippen molar-refractivity contribution in [2.75, 3.05) is 0 Å². The van der Waals surface area contributed by atoms with E-state index in [-0.39, 0.29) is 12.5 Å². The van der Waals surface area contributed by atoms with Crippen LogP contribution in [-0.4, -0.2) is 26.4 Å². The number of carbonyl (C=O) groups is 2. The number of carbonyl (C=O) groups excluding carboxylic acids is 2. The maximum absolute atomic E-state index is 13.6. The van der Waals surface area contributed by atoms with E-state index in [9.17, 15) is 9.59 Å². The Hall–Kier alpha value is -2.77. The molecule has 1 aliphatic heterocycles. The molecule has 142 valence electrons. The van der Waals surface area contributed by atoms with Gasteiger partial charge in [-0.15, -0.1) is 5.10 Å². The molecular weight excluding hydrogens is 396 g/mol. The minimum absolute atomic E-state index is 0.0283. The Bertz CT molecular complexity index is 1070. The monoisotopic (exact) mass is 412 g/mol. The molecule has 1 aliphatic rings. The maximum atomic E-state index is 13.6. The Labute approximate surface area is 171 Å². The average molecular weight is 413 g/mol. The molecule has 4 rings (SSSR count). The van der Waals surface area contributed by atoms with Crippen LogP contribution in [0.15, 0.2) is 48.5 Å². The Morgan fingerprint density at radius 3 is 2.46 bits per heavy atom. The lowest BCUT2D eigenvalue weighted by atomic mass is 9.81. The number of imide groups is 1. The van der Waals surface area contributed by atoms with Gasteiger partial charge >= 0.3 is 6.03 Å². The van der Waals surface area contributed by atoms with Crippen LogP contribution in [0, 0.1) is 13.8 Å². The van der Waals surface area contributed by atoms with Crippen LogP contribution in [0.4, 0.5) is 4.79 Å². The highest BCUT2D eigenvalue weighted by atomic mass is 35.5. The van der Waals surface area contributed by atoms with Crippen LogP contribution in [0.3, 0.4) is 0 Å². The summed E-state index contributed by atoms with van der Waals surface area (Å²) >= 11 is 7.10. The number of benzene rings is 2. The summed E-state index contributed by atoms with van der Waals surface area (Å²) in [4.78, 5) is 27.6. The van der Waals surface area contributed by atoms with Gasteiger partial charge in [0.1, 0.15) is 10.0 Å². The first-order valence-corrected chi connectivity index (χ1v) is 9.82. The largest absolute Gasteiger partial charge is 0.325 e. The molecule has 3 aromatic rings. The Balaban J connectivity index is 1.85. The van der Waals surface area contributed by atoms with Crippen LogP contribution in [0.5, 0.6) is 0 Å². The Morgan fingerprint density at radius 1 is 1.07 bits per heavy atom. The molecule has 0 radical (unpaired) electrons. The normalized spacial score (nSPS) is 19.2. The second kappa shape index (κ2) is 7.00. The first-order chi connectivity index (χ1) is 13.4. The van der Waals surface area contributed by atoms with E-state index < -0.39 is 11.6 Å². The fourth-order valence-corrected chi connectivity index (χ4v) is 3.99. The number of amides is 3. The van der Waals surface area contributed by atoms with Crippen LogP contribution >= 0.6 is 23.1 Å². The molecule has 1 saturated heterocycles. The van der Waals surface area contributed by atoms with Crippen molar-refractivity contribution >= 4 is 35.1 Å². The summed E-state index contributed by atoms with van der Waals surface area (Å²) in [5.41, 5.74) is 2.67. The summed E-state index contributed by atoms with van der Waals surface area (Å²) in [6.45, 7) is 3.96. The summed E-state index contributed by atoms with van der Waals surface area (Å²) in [5, 5.41) is 6.86. The molecule has 1 aromatic heterocycles. The molecule has 0 bridgehead atoms. The molecule has 8 heteroatoms. The number of hydrogen-bond donors (Lipinski definition) is 1. The van der Waals surface area contributed by atoms with Gasteiger partial charge in [-0.1, -0.05) is 64.6 Å². The first-order valence-electron chi connectivity index (χ1n) is 8.67. The van der Waals surface area contributed by atoms with E-state index in [1.807, 2.05) is 62.4 Å². The molecule has 6 nitrogen and oxygen atoms in total. The minimum atomic E-state index is -1.30. The topological polar surface area (TPSA) is 75.2 Å². The smallest absolute Gasteiger partial charge is 0.315 e. The van der Waals surface area contributed by atoms with Crippen molar-refractivity contribution in [3.8, 4) is 0 Å². The van der Waals surface area contributed by atoms with Crippen molar-refractivity contribution in [2.45, 2.75) is 25.9 Å². The minimum Gasteiger partial charge on any atom is -0.315 e. The number of rotatable bonds is 4. The van der Waals surface area contributed by atoms with Crippen molar-refractivity contribution in [1.29, 1.82) is 0 Å². The molecule has 0 saturated carbocycles. The summed E-state index contributed by atoms with van der Waals surface area (Å²) < 4.78 is 4.14. The highest BCUT2D eigenvalue weighted by Gasteiger charge is 2.54. The zero-order chi connectivity index (χ0) is 19.9. The van der Waals surface area contributed by atoms with E-state index in [0.717, 1.165) is 27.6 Å². The molecule has 0 spiro atoms. The molecule has 28 heavy (non-hydrogen) atoms. The number of hydrogen-bond acceptors (Lipinski definition) is 5. The number of aryl methyl sites for hydroxylation is 2. The van der Waals surface area contributed by atoms with Gasteiger partial charge in [0.15, 0.2) is 5.54 Å². The van der Waals surface area contributed by atoms with E-state index in [4.69, 9.17) is 11.6 Å². The fraction of sp³-hybridized carbons (Fsp3) is 0.200. The van der Waals surface area contributed by atoms with Gasteiger partial charge in [-0.2, -0.15) is 0 Å². The number of nitrogens with zero attached hydrogens (tertiary/aromatic N) is 3. The Morgan fingerprint density at radius 2 is 1.82 bits per heavy atom. The average Bonchev–Trinajstić information content (AvgIpc) is 3.21. The van der Waals surface area contributed by atoms with Gasteiger partial charge in [0.25, 0.3) is 5.91 Å². The van der Waals surface area contributed by atoms with Crippen molar-refractivity contribution in [3.63, 3.8) is 0 Å². The predicted octanol–water partition coefficient (Wildman–Crippen LogP) is 3.80. The lowest BCUT2D eigenvalue weighted by Gasteiger charge is -2.28. The third-order valence-corrected chi connectivity index (χ3v) is 6.05. The lowest BCUT2D eigenvalue weighted by Crippen LogP contribution is -2.45. The van der Waals surface area contributed by atoms with E-state index in [2.05, 4.69) is 14.9 Å². The van der Waals surface area contributed by atoms with Gasteiger partial charge in [0, 0.05) is 11.5 Å². The van der Waals surface area contributed by atoms with Gasteiger partial charge in [-0.25, -0.2) is 4.79 Å². The molecule has 2 heterocycles. The molecule has 1 atom stereocenters. The van der Waals surface area contributed by atoms with Crippen molar-refractivity contribution < 1.29 is 9.59 Å². The molecule has 1 N–H and O–H groups in total. The number of nitrogens with one attached hydrogen (secondary N) is 1. The van der Waals surface area contributed by atoms with Crippen molar-refractivity contribution in [2.24, 2.45) is 0 Å². The van der Waals surface area contributed by atoms with Gasteiger partial charge < -0.3 is 5.32 Å². The quantitative estimate of drug-likeness (QED) is 0.661. The zero-order valence-corrected chi connectivity index (χ0v) is 16.8. The SMILES string of the molecule is Cc1ccc(C2(c3ccccc3)NC(=O)N(Cc3nnsc3Cl)C2=O)cc1C. The number of halogens is 1. The van der Waals surface area contributed by atoms with Crippen LogP contribution in [0.25, 0.3) is 0 Å². The lowest BCUT2D eigenvalue weighted by molar-refractivity contribution is -0.130. The van der Waals surface area contributed by atoms with Crippen LogP contribution in [0.2, 0.25) is 4.34 Å². The second-order valence-corrected chi connectivity index (χ2v) is 8.09. The fourth-order valence-electron chi connectivity index (χ4n) is 3.38. The van der Waals surface area contributed by atoms with Crippen LogP contribution in [-0.2, 0) is 16.9 Å². The van der Waals surface area contributed by atoms with Gasteiger partial charge in [0.2, 0.25) is 0 Å². The third-order valence-electron chi connectivity index (χ3n) is 5.07. The third kappa shape index (κ3) is 2.87. The highest BCUT2D eigenvalue weighted by molar-refractivity contribution is 7.10. The van der Waals surface area contributed by atoms with E-state index in [0.29, 0.717) is 21.2 Å². The summed E-state index contributed by atoms with van der Waals surface area (Å²) in [6, 6.07) is 14.5. The number of urea groups is 1. The molecule has 0 aliphatic carbocycles. The molecule has 1 unspecified atom stereocenters. The second-order valence-electron chi connectivity index (χ2n) is 6.73. The van der Waals surface area contributed by atoms with Gasteiger partial charge in [-0.05, 0) is 36.1 Å². The van der Waals surface area contributed by atoms with Crippen LogP contribution in [0.1, 0.15) is 27.9 Å². The zero-order valence-electron chi connectivity index (χ0n) is 15.3. The maximum Gasteiger partial charge on any atom is 0.325 e. The standard InChI is InChI=1S/C20H17ClN4O2S/c1-12-8-9-15(10-13(12)2)20(14-6-4-3-5-7-14)18(26)25(19(27)22-20)11-16-17(21)28-24-23-16/h3-10H,11H2,1-2H3,(H,22,27). The Kier molecular flexibility index (Phi) is 4.64. The van der Waals surface area contributed by atoms with Gasteiger partial charge in [-0.3, -0.25) is 9.69 Å². The molecular formula is C20H17ClN4O2S. The van der Waals surface area contributed by atoms with E-state index in [1.54, 1.807) is 0 Å². The first kappa shape index (κ1) is 18.6. The summed E-state index contributed by atoms with van der Waals surface area (Å²) in [7, 11) is 0. The molecule has 2 aromatic carbocycles. The summed E-state index contributed by atoms with van der Waals surface area (Å²) in [5.74, 6) is -0.365. The van der Waals surface area contributed by atoms with E-state index in [1.165, 1.54) is 0 Å². The van der Waals surface area contributed by atoms with Crippen molar-refractivity contribution in [3.05, 3.63) is 80.8 Å². The van der Waals surface area contributed by atoms with Crippen LogP contribution < -0.4 is 5.32 Å². The summed E-state index contributed by atoms with van der Waals surface area (Å²) in [6.07, 6.45) is 0. The van der Waals surface area contributed by atoms with E-state index >= 15 is 0 Å². The van der Waals surface area contributed by atoms with Crippen molar-refractivity contribution in [1.82, 2.24) is 19.8 Å².